The topological polar surface area (TPSA) is 98.4 Å². The van der Waals surface area contributed by atoms with Crippen LogP contribution in [-0.2, 0) is 10.0 Å². The van der Waals surface area contributed by atoms with Gasteiger partial charge in [0.2, 0.25) is 6.20 Å². The second-order valence-electron chi connectivity index (χ2n) is 5.32. The highest BCUT2D eigenvalue weighted by atomic mass is 32.2. The van der Waals surface area contributed by atoms with Gasteiger partial charge in [0.25, 0.3) is 10.0 Å². The number of nitrogens with one attached hydrogen (secondary N) is 1. The molecule has 0 fully saturated rings. The van der Waals surface area contributed by atoms with Crippen LogP contribution in [0.25, 0.3) is 0 Å². The van der Waals surface area contributed by atoms with Gasteiger partial charge in [-0.1, -0.05) is 22.5 Å². The summed E-state index contributed by atoms with van der Waals surface area (Å²) in [6.07, 6.45) is 1.24. The average molecular weight is 334 g/mol. The third kappa shape index (κ3) is 3.84. The third-order valence-corrected chi connectivity index (χ3v) is 4.76. The first-order chi connectivity index (χ1) is 10.7. The fourth-order valence-electron chi connectivity index (χ4n) is 2.40. The predicted molar refractivity (Wildman–Crippen MR) is 86.4 cm³/mol. The van der Waals surface area contributed by atoms with Crippen molar-refractivity contribution < 1.29 is 13.3 Å². The molecule has 0 bridgehead atoms. The van der Waals surface area contributed by atoms with Gasteiger partial charge in [0, 0.05) is 11.2 Å². The second kappa shape index (κ2) is 6.33. The minimum atomic E-state index is -3.80. The van der Waals surface area contributed by atoms with Gasteiger partial charge in [-0.05, 0) is 44.9 Å². The van der Waals surface area contributed by atoms with Crippen molar-refractivity contribution in [3.63, 3.8) is 0 Å². The lowest BCUT2D eigenvalue weighted by molar-refractivity contribution is -0.669. The maximum Gasteiger partial charge on any atom is 0.277 e. The van der Waals surface area contributed by atoms with Crippen LogP contribution in [-0.4, -0.2) is 19.2 Å². The number of hydrogen-bond donors (Lipinski definition) is 1. The average Bonchev–Trinajstić information content (AvgIpc) is 2.43. The number of hydrogen-bond acceptors (Lipinski definition) is 5. The summed E-state index contributed by atoms with van der Waals surface area (Å²) >= 11 is 0. The Morgan fingerprint density at radius 2 is 1.87 bits per heavy atom. The molecule has 1 aromatic heterocycles. The minimum absolute atomic E-state index is 0.208. The zero-order valence-electron chi connectivity index (χ0n) is 13.4. The molecule has 0 radical (unpaired) electrons. The molecule has 8 heteroatoms. The number of nitrogens with zero attached hydrogens (tertiary/aromatic N) is 3. The summed E-state index contributed by atoms with van der Waals surface area (Å²) in [6.45, 7) is 6.96. The monoisotopic (exact) mass is 334 g/mol. The first-order valence-corrected chi connectivity index (χ1v) is 8.40. The van der Waals surface area contributed by atoms with E-state index >= 15 is 0 Å². The van der Waals surface area contributed by atoms with Crippen molar-refractivity contribution in [1.29, 1.82) is 0 Å². The molecular weight excluding hydrogens is 316 g/mol. The van der Waals surface area contributed by atoms with Crippen LogP contribution in [0.4, 0.5) is 0 Å². The van der Waals surface area contributed by atoms with Crippen molar-refractivity contribution in [1.82, 2.24) is 9.93 Å². The zero-order valence-corrected chi connectivity index (χ0v) is 14.2. The number of aromatic nitrogens is 2. The number of hydrazone groups is 1. The van der Waals surface area contributed by atoms with E-state index in [1.54, 1.807) is 39.0 Å². The quantitative estimate of drug-likeness (QED) is 0.395. The van der Waals surface area contributed by atoms with Crippen LogP contribution in [0.3, 0.4) is 0 Å². The molecule has 122 valence electrons. The number of aryl methyl sites for hydroxylation is 3. The summed E-state index contributed by atoms with van der Waals surface area (Å²) in [5.74, 6) is 0. The molecule has 0 atom stereocenters. The van der Waals surface area contributed by atoms with Crippen LogP contribution in [0.5, 0.6) is 0 Å². The highest BCUT2D eigenvalue weighted by molar-refractivity contribution is 7.89. The largest absolute Gasteiger partial charge is 0.594 e. The van der Waals surface area contributed by atoms with E-state index < -0.39 is 10.0 Å². The number of sulfonamides is 1. The molecule has 0 saturated heterocycles. The fraction of sp³-hybridized carbons (Fsp3) is 0.267. The maximum absolute atomic E-state index is 12.5. The standard InChI is InChI=1S/C15H18N4O3S/c1-10-8-11(2)15(12(3)9-10)23(21,22)18-16-13(4)14-6-5-7-19(20)17-14/h5-9,18H,1-4H3/b16-13-. The first kappa shape index (κ1) is 16.9. The predicted octanol–water partition coefficient (Wildman–Crippen LogP) is 1.34. The summed E-state index contributed by atoms with van der Waals surface area (Å²) in [6, 6.07) is 6.69. The fourth-order valence-corrected chi connectivity index (χ4v) is 3.71. The van der Waals surface area contributed by atoms with Gasteiger partial charge in [-0.25, -0.2) is 0 Å². The smallest absolute Gasteiger partial charge is 0.277 e. The number of benzene rings is 1. The van der Waals surface area contributed by atoms with Crippen LogP contribution in [0.2, 0.25) is 0 Å². The third-order valence-electron chi connectivity index (χ3n) is 3.25. The van der Waals surface area contributed by atoms with Gasteiger partial charge < -0.3 is 5.21 Å². The van der Waals surface area contributed by atoms with Crippen LogP contribution in [0.1, 0.15) is 29.3 Å². The van der Waals surface area contributed by atoms with Crippen LogP contribution < -0.4 is 9.68 Å². The van der Waals surface area contributed by atoms with Gasteiger partial charge in [-0.2, -0.15) is 18.4 Å². The van der Waals surface area contributed by atoms with Crippen molar-refractivity contribution in [2.45, 2.75) is 32.6 Å². The summed E-state index contributed by atoms with van der Waals surface area (Å²) in [4.78, 5) is 2.80. The van der Waals surface area contributed by atoms with E-state index in [0.717, 1.165) is 5.56 Å². The van der Waals surface area contributed by atoms with Crippen LogP contribution in [0.15, 0.2) is 40.5 Å². The molecule has 1 heterocycles. The van der Waals surface area contributed by atoms with E-state index in [4.69, 9.17) is 0 Å². The summed E-state index contributed by atoms with van der Waals surface area (Å²) in [5.41, 5.74) is 2.88. The summed E-state index contributed by atoms with van der Waals surface area (Å²) in [5, 5.41) is 18.7. The maximum atomic E-state index is 12.5. The van der Waals surface area contributed by atoms with E-state index in [1.165, 1.54) is 12.3 Å². The molecule has 0 unspecified atom stereocenters. The molecular formula is C15H18N4O3S. The molecule has 7 nitrogen and oxygen atoms in total. The van der Waals surface area contributed by atoms with E-state index in [1.807, 2.05) is 6.92 Å². The molecule has 23 heavy (non-hydrogen) atoms. The molecule has 0 aliphatic rings. The normalized spacial score (nSPS) is 12.3. The Morgan fingerprint density at radius 3 is 2.43 bits per heavy atom. The van der Waals surface area contributed by atoms with Crippen molar-refractivity contribution in [3.8, 4) is 0 Å². The lowest BCUT2D eigenvalue weighted by atomic mass is 10.1. The van der Waals surface area contributed by atoms with Gasteiger partial charge in [-0.3, -0.25) is 0 Å². The van der Waals surface area contributed by atoms with E-state index in [2.05, 4.69) is 15.0 Å². The Kier molecular flexibility index (Phi) is 4.65. The van der Waals surface area contributed by atoms with Crippen molar-refractivity contribution >= 4 is 15.7 Å². The van der Waals surface area contributed by atoms with Crippen molar-refractivity contribution in [2.24, 2.45) is 5.10 Å². The number of rotatable bonds is 4. The van der Waals surface area contributed by atoms with E-state index in [0.29, 0.717) is 27.4 Å². The summed E-state index contributed by atoms with van der Waals surface area (Å²) < 4.78 is 25.0. The van der Waals surface area contributed by atoms with Gasteiger partial charge in [0.05, 0.1) is 10.6 Å². The lowest BCUT2D eigenvalue weighted by Crippen LogP contribution is -2.32. The SMILES string of the molecule is C/C(=N/NS(=O)(=O)c1c(C)cc(C)cc1C)c1ccc[n+]([O-])n1. The van der Waals surface area contributed by atoms with Gasteiger partial charge in [0.1, 0.15) is 0 Å². The Labute approximate surface area is 135 Å². The molecule has 2 rings (SSSR count). The molecule has 0 amide bonds. The Morgan fingerprint density at radius 1 is 1.26 bits per heavy atom. The molecule has 0 spiro atoms. The highest BCUT2D eigenvalue weighted by Gasteiger charge is 2.19. The second-order valence-corrected chi connectivity index (χ2v) is 6.91. The lowest BCUT2D eigenvalue weighted by Gasteiger charge is -2.11. The molecule has 2 aromatic rings. The Bertz CT molecular complexity index is 853. The zero-order chi connectivity index (χ0) is 17.2. The first-order valence-electron chi connectivity index (χ1n) is 6.91. The highest BCUT2D eigenvalue weighted by Crippen LogP contribution is 2.21. The van der Waals surface area contributed by atoms with Crippen LogP contribution in [0, 0.1) is 26.0 Å². The van der Waals surface area contributed by atoms with Gasteiger partial charge in [-0.15, -0.1) is 0 Å². The molecule has 0 aliphatic carbocycles. The van der Waals surface area contributed by atoms with E-state index in [9.17, 15) is 13.6 Å². The van der Waals surface area contributed by atoms with Crippen molar-refractivity contribution in [2.75, 3.05) is 0 Å². The Balaban J connectivity index is 2.34. The summed E-state index contributed by atoms with van der Waals surface area (Å²) in [7, 11) is -3.80. The van der Waals surface area contributed by atoms with Gasteiger partial charge in [0.15, 0.2) is 5.69 Å². The minimum Gasteiger partial charge on any atom is -0.594 e. The molecule has 0 saturated carbocycles. The molecule has 1 N–H and O–H groups in total. The van der Waals surface area contributed by atoms with E-state index in [-0.39, 0.29) is 4.90 Å². The van der Waals surface area contributed by atoms with Crippen molar-refractivity contribution in [3.05, 3.63) is 58.1 Å². The van der Waals surface area contributed by atoms with Gasteiger partial charge >= 0.3 is 0 Å². The Hall–Kier alpha value is -2.48. The molecule has 1 aromatic carbocycles. The molecule has 0 aliphatic heterocycles. The van der Waals surface area contributed by atoms with Crippen LogP contribution >= 0.6 is 0 Å².